The molecule has 0 fully saturated rings. The molecule has 1 aromatic rings. The molecule has 1 N–H and O–H groups in total. The van der Waals surface area contributed by atoms with E-state index in [4.69, 9.17) is 0 Å². The molecular weight excluding hydrogens is 139 g/mol. The van der Waals surface area contributed by atoms with E-state index in [1.165, 1.54) is 0 Å². The maximum atomic E-state index is 11.5. The second kappa shape index (κ2) is 3.09. The van der Waals surface area contributed by atoms with Crippen molar-refractivity contribution in [1.82, 2.24) is 20.2 Å². The summed E-state index contributed by atoms with van der Waals surface area (Å²) in [7, 11) is 0. The highest BCUT2D eigenvalue weighted by Gasteiger charge is 1.96. The summed E-state index contributed by atoms with van der Waals surface area (Å²) in [5.74, 6) is 0. The van der Waals surface area contributed by atoms with Gasteiger partial charge in [0.15, 0.2) is 0 Å². The molecule has 6 heteroatoms. The molecule has 0 saturated carbocycles. The predicted octanol–water partition coefficient (Wildman–Crippen LogP) is -0.674. The first-order valence-corrected chi connectivity index (χ1v) is 2.88. The average Bonchev–Trinajstić information content (AvgIpc) is 2.31. The fourth-order valence-corrected chi connectivity index (χ4v) is 0.573. The van der Waals surface area contributed by atoms with Gasteiger partial charge < -0.3 is 0 Å². The van der Waals surface area contributed by atoms with Gasteiger partial charge in [-0.25, -0.2) is 9.89 Å². The highest BCUT2D eigenvalue weighted by Crippen LogP contribution is 1.81. The van der Waals surface area contributed by atoms with Crippen LogP contribution in [0.2, 0.25) is 0 Å². The van der Waals surface area contributed by atoms with Crippen LogP contribution in [0.3, 0.4) is 0 Å². The normalized spacial score (nSPS) is 10.1. The number of rotatable bonds is 3. The van der Waals surface area contributed by atoms with E-state index in [2.05, 4.69) is 15.5 Å². The van der Waals surface area contributed by atoms with Gasteiger partial charge in [-0.05, 0) is 16.8 Å². The maximum absolute atomic E-state index is 11.5. The Kier molecular flexibility index (Phi) is 2.14. The number of tetrazole rings is 1. The first kappa shape index (κ1) is 6.91. The average molecular weight is 146 g/mol. The predicted molar refractivity (Wildman–Crippen MR) is 31.2 cm³/mol. The van der Waals surface area contributed by atoms with Crippen LogP contribution in [0.5, 0.6) is 0 Å². The number of aromatic amines is 1. The lowest BCUT2D eigenvalue weighted by Gasteiger charge is -1.90. The van der Waals surface area contributed by atoms with Crippen LogP contribution in [-0.2, 0) is 6.54 Å². The number of nitrogens with one attached hydrogen (secondary N) is 1. The molecule has 0 aliphatic heterocycles. The molecule has 10 heavy (non-hydrogen) atoms. The van der Waals surface area contributed by atoms with Gasteiger partial charge in [0.25, 0.3) is 0 Å². The molecular formula is C4H7FN4O. The largest absolute Gasteiger partial charge is 0.361 e. The number of H-pyrrole nitrogens is 1. The van der Waals surface area contributed by atoms with Gasteiger partial charge in [-0.3, -0.25) is 4.39 Å². The third-order valence-corrected chi connectivity index (χ3v) is 1.04. The lowest BCUT2D eigenvalue weighted by atomic mass is 10.5. The van der Waals surface area contributed by atoms with E-state index in [0.29, 0.717) is 6.42 Å². The summed E-state index contributed by atoms with van der Waals surface area (Å²) in [4.78, 5) is 10.6. The van der Waals surface area contributed by atoms with E-state index < -0.39 is 12.4 Å². The SMILES string of the molecule is O=c1[nH]nnn1CCCF. The fraction of sp³-hybridized carbons (Fsp3) is 0.750. The molecule has 0 aromatic carbocycles. The van der Waals surface area contributed by atoms with Crippen LogP contribution >= 0.6 is 0 Å². The van der Waals surface area contributed by atoms with Crippen molar-refractivity contribution in [1.29, 1.82) is 0 Å². The van der Waals surface area contributed by atoms with E-state index in [0.717, 1.165) is 4.68 Å². The van der Waals surface area contributed by atoms with E-state index in [-0.39, 0.29) is 6.54 Å². The molecule has 0 amide bonds. The standard InChI is InChI=1S/C4H7FN4O/c5-2-1-3-9-4(10)6-7-8-9/h1-3H2,(H,6,8,10). The zero-order valence-corrected chi connectivity index (χ0v) is 5.25. The Balaban J connectivity index is 2.57. The highest BCUT2D eigenvalue weighted by atomic mass is 19.1. The Morgan fingerprint density at radius 2 is 2.50 bits per heavy atom. The number of hydrogen-bond acceptors (Lipinski definition) is 3. The maximum Gasteiger partial charge on any atom is 0.361 e. The monoisotopic (exact) mass is 146 g/mol. The number of halogens is 1. The van der Waals surface area contributed by atoms with Crippen molar-refractivity contribution >= 4 is 0 Å². The van der Waals surface area contributed by atoms with E-state index in [9.17, 15) is 9.18 Å². The van der Waals surface area contributed by atoms with Crippen molar-refractivity contribution in [2.75, 3.05) is 6.67 Å². The third-order valence-electron chi connectivity index (χ3n) is 1.04. The van der Waals surface area contributed by atoms with Gasteiger partial charge in [-0.2, -0.15) is 4.68 Å². The highest BCUT2D eigenvalue weighted by molar-refractivity contribution is 4.50. The third kappa shape index (κ3) is 1.40. The van der Waals surface area contributed by atoms with Crippen LogP contribution in [0.1, 0.15) is 6.42 Å². The van der Waals surface area contributed by atoms with Gasteiger partial charge >= 0.3 is 5.69 Å². The van der Waals surface area contributed by atoms with Gasteiger partial charge in [0.2, 0.25) is 0 Å². The molecule has 0 spiro atoms. The summed E-state index contributed by atoms with van der Waals surface area (Å²) in [6, 6.07) is 0. The Labute approximate surface area is 55.8 Å². The Morgan fingerprint density at radius 1 is 1.70 bits per heavy atom. The summed E-state index contributed by atoms with van der Waals surface area (Å²) in [6.07, 6.45) is 0.298. The van der Waals surface area contributed by atoms with Crippen LogP contribution in [0.15, 0.2) is 4.79 Å². The van der Waals surface area contributed by atoms with Gasteiger partial charge in [0.1, 0.15) is 0 Å². The molecule has 0 unspecified atom stereocenters. The molecule has 1 heterocycles. The summed E-state index contributed by atoms with van der Waals surface area (Å²) in [5.41, 5.74) is -0.395. The van der Waals surface area contributed by atoms with Crippen molar-refractivity contribution in [3.05, 3.63) is 10.5 Å². The number of nitrogens with zero attached hydrogens (tertiary/aromatic N) is 3. The quantitative estimate of drug-likeness (QED) is 0.614. The van der Waals surface area contributed by atoms with E-state index in [1.54, 1.807) is 0 Å². The lowest BCUT2D eigenvalue weighted by Crippen LogP contribution is -2.18. The first-order chi connectivity index (χ1) is 4.84. The Hall–Kier alpha value is -1.20. The molecule has 0 radical (unpaired) electrons. The summed E-state index contributed by atoms with van der Waals surface area (Å²) in [5, 5.41) is 8.71. The van der Waals surface area contributed by atoms with Gasteiger partial charge in [-0.1, -0.05) is 0 Å². The minimum atomic E-state index is -0.445. The number of hydrogen-bond donors (Lipinski definition) is 1. The van der Waals surface area contributed by atoms with Crippen molar-refractivity contribution < 1.29 is 4.39 Å². The van der Waals surface area contributed by atoms with Crippen molar-refractivity contribution in [2.45, 2.75) is 13.0 Å². The van der Waals surface area contributed by atoms with Crippen LogP contribution in [0.4, 0.5) is 4.39 Å². The zero-order chi connectivity index (χ0) is 7.40. The molecule has 0 aliphatic carbocycles. The van der Waals surface area contributed by atoms with Crippen molar-refractivity contribution in [3.63, 3.8) is 0 Å². The molecule has 0 aliphatic rings. The second-order valence-corrected chi connectivity index (χ2v) is 1.77. The molecule has 56 valence electrons. The smallest absolute Gasteiger partial charge is 0.251 e. The topological polar surface area (TPSA) is 63.6 Å². The summed E-state index contributed by atoms with van der Waals surface area (Å²) in [6.45, 7) is -0.162. The summed E-state index contributed by atoms with van der Waals surface area (Å²) < 4.78 is 12.6. The second-order valence-electron chi connectivity index (χ2n) is 1.77. The molecule has 5 nitrogen and oxygen atoms in total. The Bertz CT molecular complexity index is 241. The first-order valence-electron chi connectivity index (χ1n) is 2.88. The number of aryl methyl sites for hydroxylation is 1. The van der Waals surface area contributed by atoms with Crippen molar-refractivity contribution in [3.8, 4) is 0 Å². The molecule has 0 saturated heterocycles. The minimum absolute atomic E-state index is 0.284. The van der Waals surface area contributed by atoms with Gasteiger partial charge in [-0.15, -0.1) is 0 Å². The molecule has 0 bridgehead atoms. The molecule has 1 rings (SSSR count). The minimum Gasteiger partial charge on any atom is -0.251 e. The van der Waals surface area contributed by atoms with Crippen LogP contribution in [0.25, 0.3) is 0 Å². The molecule has 1 aromatic heterocycles. The lowest BCUT2D eigenvalue weighted by molar-refractivity contribution is 0.427. The summed E-state index contributed by atoms with van der Waals surface area (Å²) >= 11 is 0. The van der Waals surface area contributed by atoms with Gasteiger partial charge in [0.05, 0.1) is 13.2 Å². The van der Waals surface area contributed by atoms with Crippen molar-refractivity contribution in [2.24, 2.45) is 0 Å². The van der Waals surface area contributed by atoms with Crippen LogP contribution in [-0.4, -0.2) is 26.9 Å². The molecule has 0 atom stereocenters. The number of alkyl halides is 1. The number of aromatic nitrogens is 4. The zero-order valence-electron chi connectivity index (χ0n) is 5.25. The van der Waals surface area contributed by atoms with E-state index in [1.807, 2.05) is 0 Å². The van der Waals surface area contributed by atoms with Gasteiger partial charge in [0, 0.05) is 0 Å². The van der Waals surface area contributed by atoms with Crippen LogP contribution < -0.4 is 5.69 Å². The fourth-order valence-electron chi connectivity index (χ4n) is 0.573. The van der Waals surface area contributed by atoms with E-state index >= 15 is 0 Å². The van der Waals surface area contributed by atoms with Crippen LogP contribution in [0, 0.1) is 0 Å². The Morgan fingerprint density at radius 3 is 3.00 bits per heavy atom.